The molecule has 12 heteroatoms. The molecule has 0 saturated heterocycles. The third-order valence-corrected chi connectivity index (χ3v) is 10.4. The van der Waals surface area contributed by atoms with Gasteiger partial charge in [-0.3, -0.25) is 4.79 Å². The minimum Gasteiger partial charge on any atom is -0.394 e. The van der Waals surface area contributed by atoms with Crippen molar-refractivity contribution in [3.63, 3.8) is 0 Å². The zero-order valence-corrected chi connectivity index (χ0v) is 26.3. The average molecular weight is 644 g/mol. The van der Waals surface area contributed by atoms with Crippen molar-refractivity contribution in [2.45, 2.75) is 43.7 Å². The molecular formula is C33H36F3N3O5S. The first kappa shape index (κ1) is 32.7. The topological polar surface area (TPSA) is 92.1 Å². The smallest absolute Gasteiger partial charge is 0.394 e. The Labute approximate surface area is 260 Å². The molecule has 5 rings (SSSR count). The monoisotopic (exact) mass is 643 g/mol. The van der Waals surface area contributed by atoms with Crippen LogP contribution in [0.1, 0.15) is 35.5 Å². The van der Waals surface area contributed by atoms with Crippen LogP contribution in [-0.4, -0.2) is 72.1 Å². The molecule has 1 aliphatic rings. The Hall–Kier alpha value is -3.71. The van der Waals surface area contributed by atoms with Crippen molar-refractivity contribution in [3.05, 3.63) is 89.6 Å². The van der Waals surface area contributed by atoms with E-state index in [-0.39, 0.29) is 37.1 Å². The van der Waals surface area contributed by atoms with Crippen LogP contribution in [0.4, 0.5) is 13.2 Å². The number of alkyl halides is 3. The molecule has 1 N–H and O–H groups in total. The van der Waals surface area contributed by atoms with E-state index >= 15 is 0 Å². The fraction of sp³-hybridized carbons (Fsp3) is 0.364. The zero-order chi connectivity index (χ0) is 32.7. The summed E-state index contributed by atoms with van der Waals surface area (Å²) in [5.74, 6) is -0.685. The van der Waals surface area contributed by atoms with E-state index in [4.69, 9.17) is 4.74 Å². The number of hydrogen-bond donors (Lipinski definition) is 1. The van der Waals surface area contributed by atoms with Crippen molar-refractivity contribution < 1.29 is 36.2 Å². The number of aliphatic hydroxyl groups excluding tert-OH is 1. The number of aryl methyl sites for hydroxylation is 1. The van der Waals surface area contributed by atoms with Crippen LogP contribution in [0, 0.1) is 5.92 Å². The molecule has 0 bridgehead atoms. The van der Waals surface area contributed by atoms with Gasteiger partial charge in [-0.25, -0.2) is 8.42 Å². The minimum atomic E-state index is -4.59. The van der Waals surface area contributed by atoms with Gasteiger partial charge in [-0.1, -0.05) is 49.4 Å². The molecule has 0 fully saturated rings. The molecule has 1 aromatic heterocycles. The number of carbonyl (C=O) groups excluding carboxylic acids is 1. The standard InChI is InChI=1S/C33H36F3N3O5S/c1-21-17-39(22(2)19-40)32(41)31-30(27-11-7-8-12-28(27)38(31)4)26-10-6-5-9-23(26)20-44-29(21)18-37(3)45(42,43)25-15-13-24(14-16-25)33(34,35)36/h5-16,21-22,29,40H,17-20H2,1-4H3/t21-,22-,29-/m0/s1. The first-order chi connectivity index (χ1) is 21.3. The number of para-hydroxylation sites is 1. The van der Waals surface area contributed by atoms with E-state index in [1.807, 2.05) is 67.1 Å². The van der Waals surface area contributed by atoms with Gasteiger partial charge >= 0.3 is 6.18 Å². The number of benzene rings is 3. The molecule has 3 atom stereocenters. The molecule has 0 spiro atoms. The van der Waals surface area contributed by atoms with E-state index in [2.05, 4.69) is 0 Å². The molecule has 0 unspecified atom stereocenters. The fourth-order valence-corrected chi connectivity index (χ4v) is 7.06. The number of aliphatic hydroxyl groups is 1. The van der Waals surface area contributed by atoms with Gasteiger partial charge in [-0.2, -0.15) is 17.5 Å². The van der Waals surface area contributed by atoms with Crippen LogP contribution in [-0.2, 0) is 34.6 Å². The van der Waals surface area contributed by atoms with Gasteiger partial charge in [0.1, 0.15) is 5.69 Å². The van der Waals surface area contributed by atoms with Gasteiger partial charge in [-0.05, 0) is 48.4 Å². The Kier molecular flexibility index (Phi) is 9.14. The highest BCUT2D eigenvalue weighted by atomic mass is 32.2. The Morgan fingerprint density at radius 2 is 1.69 bits per heavy atom. The van der Waals surface area contributed by atoms with Crippen molar-refractivity contribution in [2.24, 2.45) is 13.0 Å². The van der Waals surface area contributed by atoms with E-state index < -0.39 is 39.8 Å². The van der Waals surface area contributed by atoms with E-state index in [0.717, 1.165) is 56.2 Å². The third kappa shape index (κ3) is 6.24. The van der Waals surface area contributed by atoms with Crippen LogP contribution in [0.2, 0.25) is 0 Å². The normalized spacial score (nSPS) is 18.9. The molecule has 4 aromatic rings. The van der Waals surface area contributed by atoms with E-state index in [1.54, 1.807) is 11.8 Å². The Bertz CT molecular complexity index is 1800. The lowest BCUT2D eigenvalue weighted by molar-refractivity contribution is -0.137. The summed E-state index contributed by atoms with van der Waals surface area (Å²) in [6.45, 7) is 3.44. The lowest BCUT2D eigenvalue weighted by Crippen LogP contribution is -2.48. The minimum absolute atomic E-state index is 0.117. The lowest BCUT2D eigenvalue weighted by atomic mass is 9.96. The average Bonchev–Trinajstić information content (AvgIpc) is 3.31. The first-order valence-electron chi connectivity index (χ1n) is 14.6. The van der Waals surface area contributed by atoms with Crippen LogP contribution in [0.25, 0.3) is 22.0 Å². The van der Waals surface area contributed by atoms with E-state index in [1.165, 1.54) is 7.05 Å². The third-order valence-electron chi connectivity index (χ3n) is 8.55. The molecule has 1 aliphatic heterocycles. The number of likely N-dealkylation sites (N-methyl/N-ethyl adjacent to an activating group) is 1. The molecule has 3 aromatic carbocycles. The second-order valence-electron chi connectivity index (χ2n) is 11.6. The van der Waals surface area contributed by atoms with E-state index in [9.17, 15) is 31.5 Å². The maximum atomic E-state index is 14.5. The number of hydrogen-bond acceptors (Lipinski definition) is 5. The number of aromatic nitrogens is 1. The van der Waals surface area contributed by atoms with Gasteiger partial charge in [0.2, 0.25) is 10.0 Å². The zero-order valence-electron chi connectivity index (χ0n) is 25.5. The number of nitrogens with zero attached hydrogens (tertiary/aromatic N) is 3. The van der Waals surface area contributed by atoms with Gasteiger partial charge in [0.25, 0.3) is 5.91 Å². The van der Waals surface area contributed by atoms with Crippen LogP contribution in [0.15, 0.2) is 77.7 Å². The summed E-state index contributed by atoms with van der Waals surface area (Å²) in [4.78, 5) is 15.8. The van der Waals surface area contributed by atoms with Gasteiger partial charge in [0.05, 0.1) is 35.8 Å². The fourth-order valence-electron chi connectivity index (χ4n) is 5.87. The molecular weight excluding hydrogens is 607 g/mol. The Balaban J connectivity index is 1.56. The number of sulfonamides is 1. The summed E-state index contributed by atoms with van der Waals surface area (Å²) in [6.07, 6.45) is -5.31. The molecule has 0 saturated carbocycles. The molecule has 8 nitrogen and oxygen atoms in total. The molecule has 240 valence electrons. The van der Waals surface area contributed by atoms with E-state index in [0.29, 0.717) is 5.69 Å². The maximum absolute atomic E-state index is 14.5. The number of fused-ring (bicyclic) bond motifs is 5. The number of carbonyl (C=O) groups is 1. The van der Waals surface area contributed by atoms with Crippen LogP contribution < -0.4 is 0 Å². The van der Waals surface area contributed by atoms with Gasteiger partial charge in [0.15, 0.2) is 0 Å². The summed E-state index contributed by atoms with van der Waals surface area (Å²) in [5.41, 5.74) is 2.75. The van der Waals surface area contributed by atoms with Crippen LogP contribution in [0.3, 0.4) is 0 Å². The maximum Gasteiger partial charge on any atom is 0.416 e. The number of ether oxygens (including phenoxy) is 1. The predicted octanol–water partition coefficient (Wildman–Crippen LogP) is 5.54. The Morgan fingerprint density at radius 3 is 2.36 bits per heavy atom. The highest BCUT2D eigenvalue weighted by molar-refractivity contribution is 7.89. The largest absolute Gasteiger partial charge is 0.416 e. The number of amides is 1. The van der Waals surface area contributed by atoms with Gasteiger partial charge in [-0.15, -0.1) is 0 Å². The van der Waals surface area contributed by atoms with Crippen molar-refractivity contribution in [3.8, 4) is 11.1 Å². The summed E-state index contributed by atoms with van der Waals surface area (Å²) in [6, 6.07) is 18.1. The van der Waals surface area contributed by atoms with Crippen molar-refractivity contribution in [1.29, 1.82) is 0 Å². The van der Waals surface area contributed by atoms with Crippen molar-refractivity contribution >= 4 is 26.8 Å². The summed E-state index contributed by atoms with van der Waals surface area (Å²) >= 11 is 0. The van der Waals surface area contributed by atoms with Crippen molar-refractivity contribution in [2.75, 3.05) is 26.7 Å². The summed E-state index contributed by atoms with van der Waals surface area (Å²) in [5, 5.41) is 11.1. The number of halogens is 3. The summed E-state index contributed by atoms with van der Waals surface area (Å²) in [7, 11) is -0.986. The SMILES string of the molecule is C[C@H]1CN([C@@H](C)CO)C(=O)c2c(c3ccccc3n2C)-c2ccccc2CO[C@H]1CN(C)S(=O)(=O)c1ccc(C(F)(F)F)cc1. The molecule has 0 aliphatic carbocycles. The quantitative estimate of drug-likeness (QED) is 0.298. The molecule has 45 heavy (non-hydrogen) atoms. The number of rotatable bonds is 6. The second kappa shape index (κ2) is 12.6. The molecule has 1 amide bonds. The molecule has 2 heterocycles. The van der Waals surface area contributed by atoms with Crippen LogP contribution >= 0.6 is 0 Å². The predicted molar refractivity (Wildman–Crippen MR) is 165 cm³/mol. The second-order valence-corrected chi connectivity index (χ2v) is 13.6. The highest BCUT2D eigenvalue weighted by Gasteiger charge is 2.35. The Morgan fingerprint density at radius 1 is 1.04 bits per heavy atom. The summed E-state index contributed by atoms with van der Waals surface area (Å²) < 4.78 is 75.5. The molecule has 0 radical (unpaired) electrons. The van der Waals surface area contributed by atoms with Gasteiger partial charge < -0.3 is 19.3 Å². The lowest BCUT2D eigenvalue weighted by Gasteiger charge is -2.35. The first-order valence-corrected chi connectivity index (χ1v) is 16.0. The van der Waals surface area contributed by atoms with Gasteiger partial charge in [0, 0.05) is 49.6 Å². The van der Waals surface area contributed by atoms with Crippen LogP contribution in [0.5, 0.6) is 0 Å². The van der Waals surface area contributed by atoms with Crippen molar-refractivity contribution in [1.82, 2.24) is 13.8 Å². The highest BCUT2D eigenvalue weighted by Crippen LogP contribution is 2.38.